The van der Waals surface area contributed by atoms with Crippen molar-refractivity contribution in [3.63, 3.8) is 0 Å². The van der Waals surface area contributed by atoms with E-state index in [1.807, 2.05) is 0 Å². The largest absolute Gasteiger partial charge is 0.463 e. The summed E-state index contributed by atoms with van der Waals surface area (Å²) >= 11 is 0. The van der Waals surface area contributed by atoms with Gasteiger partial charge in [0.25, 0.3) is 0 Å². The molecule has 0 saturated heterocycles. The summed E-state index contributed by atoms with van der Waals surface area (Å²) < 4.78 is 48.9. The van der Waals surface area contributed by atoms with E-state index in [0.717, 1.165) is 6.07 Å². The van der Waals surface area contributed by atoms with Crippen molar-refractivity contribution in [2.24, 2.45) is 0 Å². The third-order valence-electron chi connectivity index (χ3n) is 2.49. The molecule has 0 atom stereocenters. The summed E-state index contributed by atoms with van der Waals surface area (Å²) in [7, 11) is 1.20. The van der Waals surface area contributed by atoms with Gasteiger partial charge in [-0.3, -0.25) is 0 Å². The molecule has 2 rings (SSSR count). The van der Waals surface area contributed by atoms with Crippen molar-refractivity contribution < 1.29 is 27.1 Å². The number of furan rings is 1. The third kappa shape index (κ3) is 2.93. The maximum absolute atomic E-state index is 13.4. The zero-order chi connectivity index (χ0) is 14.7. The summed E-state index contributed by atoms with van der Waals surface area (Å²) in [6, 6.07) is 4.11. The van der Waals surface area contributed by atoms with Crippen LogP contribution in [0.1, 0.15) is 16.3 Å². The molecule has 0 saturated carbocycles. The lowest BCUT2D eigenvalue weighted by Gasteiger charge is -2.06. The van der Waals surface area contributed by atoms with Gasteiger partial charge < -0.3 is 14.5 Å². The van der Waals surface area contributed by atoms with Gasteiger partial charge in [0.2, 0.25) is 5.76 Å². The number of ether oxygens (including phenoxy) is 1. The smallest absolute Gasteiger partial charge is 0.373 e. The number of anilines is 1. The Bertz CT molecular complexity index is 640. The Morgan fingerprint density at radius 2 is 2.05 bits per heavy atom. The molecule has 7 heteroatoms. The van der Waals surface area contributed by atoms with Crippen molar-refractivity contribution in [1.82, 2.24) is 0 Å². The second kappa shape index (κ2) is 5.68. The van der Waals surface area contributed by atoms with Crippen LogP contribution in [0.15, 0.2) is 28.7 Å². The van der Waals surface area contributed by atoms with Crippen LogP contribution in [0.3, 0.4) is 0 Å². The molecular weight excluding hydrogens is 275 g/mol. The Morgan fingerprint density at radius 1 is 1.30 bits per heavy atom. The fraction of sp³-hybridized carbons (Fsp3) is 0.154. The highest BCUT2D eigenvalue weighted by Crippen LogP contribution is 2.20. The van der Waals surface area contributed by atoms with Crippen LogP contribution in [-0.4, -0.2) is 13.1 Å². The highest BCUT2D eigenvalue weighted by Gasteiger charge is 2.13. The number of methoxy groups -OCH3 is 1. The van der Waals surface area contributed by atoms with Gasteiger partial charge in [0.1, 0.15) is 11.6 Å². The molecule has 4 nitrogen and oxygen atoms in total. The Balaban J connectivity index is 2.09. The summed E-state index contributed by atoms with van der Waals surface area (Å²) in [6.07, 6.45) is 0. The van der Waals surface area contributed by atoms with Gasteiger partial charge in [-0.25, -0.2) is 18.0 Å². The average Bonchev–Trinajstić information content (AvgIpc) is 2.89. The van der Waals surface area contributed by atoms with Gasteiger partial charge in [-0.15, -0.1) is 0 Å². The van der Waals surface area contributed by atoms with E-state index >= 15 is 0 Å². The van der Waals surface area contributed by atoms with Crippen LogP contribution in [0.4, 0.5) is 18.9 Å². The van der Waals surface area contributed by atoms with Crippen molar-refractivity contribution in [3.8, 4) is 0 Å². The highest BCUT2D eigenvalue weighted by molar-refractivity contribution is 5.86. The predicted molar refractivity (Wildman–Crippen MR) is 63.7 cm³/mol. The van der Waals surface area contributed by atoms with Gasteiger partial charge in [-0.1, -0.05) is 0 Å². The standard InChI is InChI=1S/C13H10F3NO3/c1-19-13(18)11-3-2-8(20-11)6-17-10-5-7(14)4-9(15)12(10)16/h2-5,17H,6H2,1H3. The highest BCUT2D eigenvalue weighted by atomic mass is 19.2. The Morgan fingerprint density at radius 3 is 2.75 bits per heavy atom. The number of nitrogens with one attached hydrogen (secondary N) is 1. The van der Waals surface area contributed by atoms with Crippen LogP contribution >= 0.6 is 0 Å². The van der Waals surface area contributed by atoms with Gasteiger partial charge in [-0.05, 0) is 12.1 Å². The van der Waals surface area contributed by atoms with E-state index in [0.29, 0.717) is 6.07 Å². The van der Waals surface area contributed by atoms with E-state index in [9.17, 15) is 18.0 Å². The van der Waals surface area contributed by atoms with E-state index in [2.05, 4.69) is 10.1 Å². The topological polar surface area (TPSA) is 51.5 Å². The number of esters is 1. The monoisotopic (exact) mass is 285 g/mol. The average molecular weight is 285 g/mol. The summed E-state index contributed by atoms with van der Waals surface area (Å²) in [5, 5.41) is 2.48. The molecule has 0 aliphatic rings. The molecule has 20 heavy (non-hydrogen) atoms. The number of carbonyl (C=O) groups excluding carboxylic acids is 1. The van der Waals surface area contributed by atoms with Crippen LogP contribution in [0.25, 0.3) is 0 Å². The Labute approximate surface area is 112 Å². The molecular formula is C13H10F3NO3. The normalized spacial score (nSPS) is 10.4. The van der Waals surface area contributed by atoms with Crippen molar-refractivity contribution in [2.75, 3.05) is 12.4 Å². The first-order valence-corrected chi connectivity index (χ1v) is 5.56. The molecule has 1 heterocycles. The first-order chi connectivity index (χ1) is 9.51. The summed E-state index contributed by atoms with van der Waals surface area (Å²) in [5.74, 6) is -3.77. The fourth-order valence-electron chi connectivity index (χ4n) is 1.55. The minimum Gasteiger partial charge on any atom is -0.463 e. The van der Waals surface area contributed by atoms with Crippen LogP contribution < -0.4 is 5.32 Å². The molecule has 2 aromatic rings. The third-order valence-corrected chi connectivity index (χ3v) is 2.49. The SMILES string of the molecule is COC(=O)c1ccc(CNc2cc(F)cc(F)c2F)o1. The summed E-state index contributed by atoms with van der Waals surface area (Å²) in [5.41, 5.74) is -0.335. The van der Waals surface area contributed by atoms with E-state index in [-0.39, 0.29) is 23.8 Å². The molecule has 0 amide bonds. The Kier molecular flexibility index (Phi) is 3.97. The number of benzene rings is 1. The quantitative estimate of drug-likeness (QED) is 0.692. The zero-order valence-corrected chi connectivity index (χ0v) is 10.4. The molecule has 0 aliphatic carbocycles. The maximum Gasteiger partial charge on any atom is 0.373 e. The zero-order valence-electron chi connectivity index (χ0n) is 10.4. The second-order valence-electron chi connectivity index (χ2n) is 3.86. The van der Waals surface area contributed by atoms with Gasteiger partial charge in [0.15, 0.2) is 11.6 Å². The van der Waals surface area contributed by atoms with E-state index in [4.69, 9.17) is 4.42 Å². The van der Waals surface area contributed by atoms with Crippen molar-refractivity contribution >= 4 is 11.7 Å². The van der Waals surface area contributed by atoms with Crippen molar-refractivity contribution in [3.05, 3.63) is 53.2 Å². The van der Waals surface area contributed by atoms with Gasteiger partial charge in [0.05, 0.1) is 19.3 Å². The van der Waals surface area contributed by atoms with Crippen LogP contribution in [0, 0.1) is 17.5 Å². The first kappa shape index (κ1) is 14.0. The van der Waals surface area contributed by atoms with Crippen molar-refractivity contribution in [1.29, 1.82) is 0 Å². The number of rotatable bonds is 4. The van der Waals surface area contributed by atoms with Crippen LogP contribution in [-0.2, 0) is 11.3 Å². The predicted octanol–water partition coefficient (Wildman–Crippen LogP) is 3.10. The van der Waals surface area contributed by atoms with Gasteiger partial charge >= 0.3 is 5.97 Å². The minimum absolute atomic E-state index is 0.0183. The maximum atomic E-state index is 13.4. The molecule has 0 aliphatic heterocycles. The van der Waals surface area contributed by atoms with Crippen LogP contribution in [0.5, 0.6) is 0 Å². The van der Waals surface area contributed by atoms with E-state index in [1.165, 1.54) is 19.2 Å². The van der Waals surface area contributed by atoms with Crippen molar-refractivity contribution in [2.45, 2.75) is 6.54 Å². The van der Waals surface area contributed by atoms with Crippen LogP contribution in [0.2, 0.25) is 0 Å². The molecule has 0 fully saturated rings. The molecule has 0 spiro atoms. The van der Waals surface area contributed by atoms with E-state index in [1.54, 1.807) is 0 Å². The molecule has 106 valence electrons. The number of hydrogen-bond acceptors (Lipinski definition) is 4. The van der Waals surface area contributed by atoms with Gasteiger partial charge in [-0.2, -0.15) is 0 Å². The Hall–Kier alpha value is -2.44. The molecule has 0 bridgehead atoms. The minimum atomic E-state index is -1.29. The molecule has 1 aromatic carbocycles. The molecule has 0 radical (unpaired) electrons. The summed E-state index contributed by atoms with van der Waals surface area (Å²) in [6.45, 7) is -0.0448. The molecule has 0 unspecified atom stereocenters. The van der Waals surface area contributed by atoms with Gasteiger partial charge in [0, 0.05) is 12.1 Å². The van der Waals surface area contributed by atoms with E-state index < -0.39 is 23.4 Å². The molecule has 1 aromatic heterocycles. The lowest BCUT2D eigenvalue weighted by atomic mass is 10.2. The lowest BCUT2D eigenvalue weighted by Crippen LogP contribution is -2.03. The first-order valence-electron chi connectivity index (χ1n) is 5.56. The number of carbonyl (C=O) groups is 1. The summed E-state index contributed by atoms with van der Waals surface area (Å²) in [4.78, 5) is 11.1. The lowest BCUT2D eigenvalue weighted by molar-refractivity contribution is 0.0563. The fourth-order valence-corrected chi connectivity index (χ4v) is 1.55. The number of hydrogen-bond donors (Lipinski definition) is 1. The number of halogens is 3. The molecule has 1 N–H and O–H groups in total. The second-order valence-corrected chi connectivity index (χ2v) is 3.86.